The molecule has 0 bridgehead atoms. The van der Waals surface area contributed by atoms with E-state index in [1.54, 1.807) is 0 Å². The summed E-state index contributed by atoms with van der Waals surface area (Å²) in [7, 11) is 0. The van der Waals surface area contributed by atoms with E-state index in [1.807, 2.05) is 66.7 Å². The summed E-state index contributed by atoms with van der Waals surface area (Å²) in [6.07, 6.45) is 4.17. The highest BCUT2D eigenvalue weighted by Crippen LogP contribution is 2.47. The zero-order valence-electron chi connectivity index (χ0n) is 19.3. The van der Waals surface area contributed by atoms with Crippen LogP contribution in [-0.2, 0) is 5.60 Å². The van der Waals surface area contributed by atoms with Gasteiger partial charge in [0, 0.05) is 26.4 Å². The summed E-state index contributed by atoms with van der Waals surface area (Å²) < 4.78 is 7.12. The van der Waals surface area contributed by atoms with Crippen molar-refractivity contribution < 1.29 is 9.52 Å². The van der Waals surface area contributed by atoms with Crippen molar-refractivity contribution in [1.82, 2.24) is 0 Å². The second-order valence-electron chi connectivity index (χ2n) is 9.22. The second kappa shape index (κ2) is 8.06. The summed E-state index contributed by atoms with van der Waals surface area (Å²) in [4.78, 5) is 0. The highest BCUT2D eigenvalue weighted by atomic mass is 79.9. The van der Waals surface area contributed by atoms with Crippen LogP contribution in [-0.4, -0.2) is 5.11 Å². The van der Waals surface area contributed by atoms with Gasteiger partial charge in [-0.1, -0.05) is 107 Å². The highest BCUT2D eigenvalue weighted by Gasteiger charge is 2.39. The molecule has 1 N–H and O–H groups in total. The van der Waals surface area contributed by atoms with Crippen molar-refractivity contribution in [3.05, 3.63) is 141 Å². The van der Waals surface area contributed by atoms with Crippen molar-refractivity contribution in [2.24, 2.45) is 0 Å². The van der Waals surface area contributed by atoms with Crippen LogP contribution in [0.25, 0.3) is 45.2 Å². The van der Waals surface area contributed by atoms with Crippen molar-refractivity contribution in [2.75, 3.05) is 0 Å². The van der Waals surface area contributed by atoms with E-state index in [-0.39, 0.29) is 0 Å². The van der Waals surface area contributed by atoms with E-state index in [1.165, 1.54) is 0 Å². The van der Waals surface area contributed by atoms with E-state index in [0.717, 1.165) is 65.4 Å². The predicted molar refractivity (Wildman–Crippen MR) is 151 cm³/mol. The van der Waals surface area contributed by atoms with Crippen LogP contribution in [0.5, 0.6) is 0 Å². The molecule has 0 amide bonds. The SMILES string of the molecule is OC1(c2ccccc2-c2ccc3c(c2)oc2ccccc23)c2ccccc2C=Cc2ccc(Br)cc21. The van der Waals surface area contributed by atoms with Gasteiger partial charge in [-0.05, 0) is 58.1 Å². The number of halogens is 1. The number of furan rings is 1. The van der Waals surface area contributed by atoms with Gasteiger partial charge in [0.2, 0.25) is 0 Å². The smallest absolute Gasteiger partial charge is 0.142 e. The van der Waals surface area contributed by atoms with Crippen molar-refractivity contribution >= 4 is 50.0 Å². The van der Waals surface area contributed by atoms with Crippen LogP contribution in [0.2, 0.25) is 0 Å². The van der Waals surface area contributed by atoms with Crippen molar-refractivity contribution in [3.63, 3.8) is 0 Å². The Labute approximate surface area is 217 Å². The van der Waals surface area contributed by atoms with Crippen LogP contribution in [0.15, 0.2) is 118 Å². The Morgan fingerprint density at radius 1 is 0.583 bits per heavy atom. The van der Waals surface area contributed by atoms with Crippen LogP contribution in [0.1, 0.15) is 27.8 Å². The molecule has 1 unspecified atom stereocenters. The maximum Gasteiger partial charge on any atom is 0.142 e. The van der Waals surface area contributed by atoms with Gasteiger partial charge in [-0.3, -0.25) is 0 Å². The van der Waals surface area contributed by atoms with E-state index < -0.39 is 5.60 Å². The zero-order valence-corrected chi connectivity index (χ0v) is 20.9. The van der Waals surface area contributed by atoms with Gasteiger partial charge in [-0.2, -0.15) is 0 Å². The first-order chi connectivity index (χ1) is 17.6. The number of aliphatic hydroxyl groups is 1. The maximum absolute atomic E-state index is 12.8. The first-order valence-electron chi connectivity index (χ1n) is 11.9. The molecule has 0 fully saturated rings. The van der Waals surface area contributed by atoms with Crippen molar-refractivity contribution in [1.29, 1.82) is 0 Å². The molecule has 1 aliphatic rings. The van der Waals surface area contributed by atoms with E-state index in [9.17, 15) is 5.11 Å². The molecule has 2 nitrogen and oxygen atoms in total. The summed E-state index contributed by atoms with van der Waals surface area (Å²) in [6, 6.07) is 36.7. The minimum atomic E-state index is -1.36. The van der Waals surface area contributed by atoms with E-state index >= 15 is 0 Å². The number of hydrogen-bond donors (Lipinski definition) is 1. The number of para-hydroxylation sites is 1. The summed E-state index contributed by atoms with van der Waals surface area (Å²) in [5.74, 6) is 0. The largest absolute Gasteiger partial charge is 0.456 e. The molecule has 0 radical (unpaired) electrons. The number of hydrogen-bond acceptors (Lipinski definition) is 2. The fraction of sp³-hybridized carbons (Fsp3) is 0.0303. The topological polar surface area (TPSA) is 33.4 Å². The van der Waals surface area contributed by atoms with Gasteiger partial charge in [0.05, 0.1) is 0 Å². The molecule has 0 spiro atoms. The molecule has 0 aliphatic heterocycles. The van der Waals surface area contributed by atoms with E-state index in [4.69, 9.17) is 4.42 Å². The Balaban J connectivity index is 1.52. The zero-order chi connectivity index (χ0) is 24.3. The van der Waals surface area contributed by atoms with E-state index in [0.29, 0.717) is 0 Å². The molecule has 0 saturated heterocycles. The maximum atomic E-state index is 12.8. The van der Waals surface area contributed by atoms with Crippen molar-refractivity contribution in [2.45, 2.75) is 5.60 Å². The normalized spacial score (nSPS) is 16.6. The molecule has 1 atom stereocenters. The molecular formula is C33H21BrO2. The van der Waals surface area contributed by atoms with Crippen LogP contribution in [0, 0.1) is 0 Å². The van der Waals surface area contributed by atoms with Crippen LogP contribution >= 0.6 is 15.9 Å². The lowest BCUT2D eigenvalue weighted by molar-refractivity contribution is 0.126. The Bertz CT molecular complexity index is 1830. The summed E-state index contributed by atoms with van der Waals surface area (Å²) in [5, 5.41) is 15.0. The molecule has 0 saturated carbocycles. The first kappa shape index (κ1) is 21.4. The molecular weight excluding hydrogens is 508 g/mol. The standard InChI is InChI=1S/C33H21BrO2/c34-24-17-15-22-14-13-21-7-1-4-10-28(21)33(35,30(22)20-24)29-11-5-2-8-25(29)23-16-18-27-26-9-3-6-12-31(26)36-32(27)19-23/h1-20,35H. The fourth-order valence-electron chi connectivity index (χ4n) is 5.52. The number of fused-ring (bicyclic) bond motifs is 5. The van der Waals surface area contributed by atoms with E-state index in [2.05, 4.69) is 70.5 Å². The second-order valence-corrected chi connectivity index (χ2v) is 10.1. The Morgan fingerprint density at radius 3 is 2.17 bits per heavy atom. The minimum absolute atomic E-state index is 0.830. The minimum Gasteiger partial charge on any atom is -0.456 e. The molecule has 1 aliphatic carbocycles. The first-order valence-corrected chi connectivity index (χ1v) is 12.7. The van der Waals surface area contributed by atoms with Gasteiger partial charge in [0.15, 0.2) is 0 Å². The molecule has 1 aromatic heterocycles. The van der Waals surface area contributed by atoms with Crippen LogP contribution in [0.4, 0.5) is 0 Å². The lowest BCUT2D eigenvalue weighted by Crippen LogP contribution is -2.31. The third-order valence-electron chi connectivity index (χ3n) is 7.20. The Morgan fingerprint density at radius 2 is 1.28 bits per heavy atom. The highest BCUT2D eigenvalue weighted by molar-refractivity contribution is 9.10. The molecule has 3 heteroatoms. The molecule has 7 rings (SSSR count). The summed E-state index contributed by atoms with van der Waals surface area (Å²) in [6.45, 7) is 0. The lowest BCUT2D eigenvalue weighted by atomic mass is 9.75. The summed E-state index contributed by atoms with van der Waals surface area (Å²) in [5.41, 5.74) is 6.82. The van der Waals surface area contributed by atoms with Gasteiger partial charge in [0.1, 0.15) is 16.8 Å². The number of benzene rings is 5. The van der Waals surface area contributed by atoms with Gasteiger partial charge in [-0.25, -0.2) is 0 Å². The average Bonchev–Trinajstić information content (AvgIpc) is 3.24. The molecule has 172 valence electrons. The van der Waals surface area contributed by atoms with Gasteiger partial charge in [-0.15, -0.1) is 0 Å². The summed E-state index contributed by atoms with van der Waals surface area (Å²) >= 11 is 3.64. The van der Waals surface area contributed by atoms with Gasteiger partial charge < -0.3 is 9.52 Å². The van der Waals surface area contributed by atoms with Gasteiger partial charge in [0.25, 0.3) is 0 Å². The van der Waals surface area contributed by atoms with Crippen LogP contribution in [0.3, 0.4) is 0 Å². The lowest BCUT2D eigenvalue weighted by Gasteiger charge is -2.33. The quantitative estimate of drug-likeness (QED) is 0.243. The monoisotopic (exact) mass is 528 g/mol. The van der Waals surface area contributed by atoms with Crippen molar-refractivity contribution in [3.8, 4) is 11.1 Å². The predicted octanol–water partition coefficient (Wildman–Crippen LogP) is 8.78. The Kier molecular flexibility index (Phi) is 4.78. The molecule has 36 heavy (non-hydrogen) atoms. The van der Waals surface area contributed by atoms with Gasteiger partial charge >= 0.3 is 0 Å². The number of rotatable bonds is 2. The molecule has 6 aromatic rings. The third-order valence-corrected chi connectivity index (χ3v) is 7.70. The fourth-order valence-corrected chi connectivity index (χ4v) is 5.88. The molecule has 1 heterocycles. The van der Waals surface area contributed by atoms with Crippen LogP contribution < -0.4 is 0 Å². The molecule has 5 aromatic carbocycles. The average molecular weight is 529 g/mol. The Hall–Kier alpha value is -3.92. The third kappa shape index (κ3) is 3.13.